The second-order valence-corrected chi connectivity index (χ2v) is 14.5. The van der Waals surface area contributed by atoms with Crippen molar-refractivity contribution in [3.05, 3.63) is 241 Å². The Balaban J connectivity index is 1.23. The Morgan fingerprint density at radius 3 is 1.27 bits per heavy atom. The van der Waals surface area contributed by atoms with Crippen LogP contribution in [0.25, 0.3) is 21.9 Å². The SMILES string of the molecule is c1ccc(N(c2ccccc2)c2ccc3c(c2)-c2cc(N(c4ccccc4)c4ccccc4)ccc2C32c3ccccc3Oc3c2ccc2ccccc32)cc1. The fraction of sp³-hybridized carbons (Fsp3) is 0.0189. The summed E-state index contributed by atoms with van der Waals surface area (Å²) in [4.78, 5) is 4.71. The van der Waals surface area contributed by atoms with Crippen molar-refractivity contribution in [1.29, 1.82) is 0 Å². The molecule has 9 aromatic carbocycles. The number of hydrogen-bond acceptors (Lipinski definition) is 3. The van der Waals surface area contributed by atoms with Crippen LogP contribution in [0.4, 0.5) is 34.1 Å². The molecule has 1 aliphatic carbocycles. The molecule has 9 aromatic rings. The molecule has 0 atom stereocenters. The first kappa shape index (κ1) is 32.1. The lowest BCUT2D eigenvalue weighted by molar-refractivity contribution is 0.441. The van der Waals surface area contributed by atoms with Crippen molar-refractivity contribution < 1.29 is 4.74 Å². The summed E-state index contributed by atoms with van der Waals surface area (Å²) in [6.07, 6.45) is 0. The predicted molar refractivity (Wildman–Crippen MR) is 231 cm³/mol. The highest BCUT2D eigenvalue weighted by molar-refractivity contribution is 5.98. The van der Waals surface area contributed by atoms with Gasteiger partial charge in [0, 0.05) is 50.6 Å². The van der Waals surface area contributed by atoms with Gasteiger partial charge in [-0.2, -0.15) is 0 Å². The third-order valence-electron chi connectivity index (χ3n) is 11.5. The molecule has 3 heteroatoms. The van der Waals surface area contributed by atoms with Crippen molar-refractivity contribution in [2.45, 2.75) is 5.41 Å². The Hall–Kier alpha value is -7.36. The molecule has 1 heterocycles. The van der Waals surface area contributed by atoms with Crippen molar-refractivity contribution in [3.63, 3.8) is 0 Å². The molecule has 0 saturated carbocycles. The van der Waals surface area contributed by atoms with E-state index >= 15 is 0 Å². The van der Waals surface area contributed by atoms with Crippen LogP contribution < -0.4 is 14.5 Å². The fourth-order valence-electron chi connectivity index (χ4n) is 9.14. The molecular weight excluding hydrogens is 681 g/mol. The van der Waals surface area contributed by atoms with Crippen LogP contribution in [0.5, 0.6) is 11.5 Å². The van der Waals surface area contributed by atoms with E-state index in [1.54, 1.807) is 0 Å². The van der Waals surface area contributed by atoms with Gasteiger partial charge in [-0.15, -0.1) is 0 Å². The number of anilines is 6. The molecule has 3 nitrogen and oxygen atoms in total. The van der Waals surface area contributed by atoms with E-state index in [1.165, 1.54) is 22.3 Å². The molecule has 0 fully saturated rings. The van der Waals surface area contributed by atoms with Crippen molar-refractivity contribution in [1.82, 2.24) is 0 Å². The van der Waals surface area contributed by atoms with Crippen molar-refractivity contribution in [3.8, 4) is 22.6 Å². The average Bonchev–Trinajstić information content (AvgIpc) is 3.54. The summed E-state index contributed by atoms with van der Waals surface area (Å²) in [5, 5.41) is 2.27. The fourth-order valence-corrected chi connectivity index (χ4v) is 9.14. The molecule has 11 rings (SSSR count). The highest BCUT2D eigenvalue weighted by Crippen LogP contribution is 2.64. The zero-order chi connectivity index (χ0) is 37.1. The first-order valence-electron chi connectivity index (χ1n) is 19.2. The van der Waals surface area contributed by atoms with Gasteiger partial charge in [0.15, 0.2) is 0 Å². The van der Waals surface area contributed by atoms with Gasteiger partial charge in [0.25, 0.3) is 0 Å². The van der Waals surface area contributed by atoms with Crippen LogP contribution in [0.3, 0.4) is 0 Å². The maximum absolute atomic E-state index is 6.95. The van der Waals surface area contributed by atoms with Crippen molar-refractivity contribution in [2.24, 2.45) is 0 Å². The number of hydrogen-bond donors (Lipinski definition) is 0. The van der Waals surface area contributed by atoms with Crippen LogP contribution in [-0.2, 0) is 5.41 Å². The van der Waals surface area contributed by atoms with E-state index in [-0.39, 0.29) is 0 Å². The molecule has 0 bridgehead atoms. The second-order valence-electron chi connectivity index (χ2n) is 14.5. The molecule has 0 amide bonds. The summed E-state index contributed by atoms with van der Waals surface area (Å²) in [5.41, 5.74) is 13.2. The third-order valence-corrected chi connectivity index (χ3v) is 11.5. The number of nitrogens with zero attached hydrogens (tertiary/aromatic N) is 2. The molecule has 0 aromatic heterocycles. The summed E-state index contributed by atoms with van der Waals surface area (Å²) in [5.74, 6) is 1.80. The topological polar surface area (TPSA) is 15.7 Å². The highest BCUT2D eigenvalue weighted by atomic mass is 16.5. The number of ether oxygens (including phenoxy) is 1. The van der Waals surface area contributed by atoms with Crippen molar-refractivity contribution in [2.75, 3.05) is 9.80 Å². The molecule has 1 aliphatic heterocycles. The molecule has 56 heavy (non-hydrogen) atoms. The molecule has 0 unspecified atom stereocenters. The standard InChI is InChI=1S/C53H36N2O/c1-5-18-38(19-6-1)54(39-20-7-2-8-21-39)42-30-33-47-45(35-42)46-36-43(55(40-22-9-3-10-23-40)41-24-11-4-12-25-41)31-34-48(46)53(47)49-27-15-16-28-51(49)56-52-44-26-14-13-17-37(44)29-32-50(52)53/h1-36H. The van der Waals surface area contributed by atoms with Gasteiger partial charge < -0.3 is 14.5 Å². The summed E-state index contributed by atoms with van der Waals surface area (Å²) in [6.45, 7) is 0. The molecule has 264 valence electrons. The Morgan fingerprint density at radius 1 is 0.321 bits per heavy atom. The minimum Gasteiger partial charge on any atom is -0.456 e. The van der Waals surface area contributed by atoms with E-state index in [0.29, 0.717) is 0 Å². The lowest BCUT2D eigenvalue weighted by Gasteiger charge is -2.40. The van der Waals surface area contributed by atoms with E-state index in [4.69, 9.17) is 4.74 Å². The minimum atomic E-state index is -0.620. The second kappa shape index (κ2) is 12.9. The lowest BCUT2D eigenvalue weighted by atomic mass is 9.65. The van der Waals surface area contributed by atoms with Crippen LogP contribution in [0, 0.1) is 0 Å². The largest absolute Gasteiger partial charge is 0.456 e. The smallest absolute Gasteiger partial charge is 0.140 e. The zero-order valence-electron chi connectivity index (χ0n) is 30.6. The maximum atomic E-state index is 6.95. The van der Waals surface area contributed by atoms with E-state index in [9.17, 15) is 0 Å². The van der Waals surface area contributed by atoms with E-state index < -0.39 is 5.41 Å². The quantitative estimate of drug-likeness (QED) is 0.170. The van der Waals surface area contributed by atoms with Crippen molar-refractivity contribution >= 4 is 44.9 Å². The number of para-hydroxylation sites is 5. The number of benzene rings is 9. The molecule has 0 N–H and O–H groups in total. The summed E-state index contributed by atoms with van der Waals surface area (Å²) < 4.78 is 6.95. The van der Waals surface area contributed by atoms with E-state index in [2.05, 4.69) is 228 Å². The van der Waals surface area contributed by atoms with Gasteiger partial charge in [0.05, 0.1) is 5.41 Å². The van der Waals surface area contributed by atoms with Gasteiger partial charge in [-0.25, -0.2) is 0 Å². The van der Waals surface area contributed by atoms with Gasteiger partial charge in [-0.05, 0) is 107 Å². The lowest BCUT2D eigenvalue weighted by Crippen LogP contribution is -2.32. The zero-order valence-corrected chi connectivity index (χ0v) is 30.6. The molecular formula is C53H36N2O. The molecule has 0 saturated heterocycles. The Morgan fingerprint density at radius 2 is 0.750 bits per heavy atom. The molecule has 1 spiro atoms. The Labute approximate surface area is 326 Å². The van der Waals surface area contributed by atoms with Gasteiger partial charge >= 0.3 is 0 Å². The molecule has 0 radical (unpaired) electrons. The summed E-state index contributed by atoms with van der Waals surface area (Å²) >= 11 is 0. The van der Waals surface area contributed by atoms with Gasteiger partial charge in [0.2, 0.25) is 0 Å². The normalized spacial score (nSPS) is 12.9. The number of fused-ring (bicyclic) bond motifs is 11. The maximum Gasteiger partial charge on any atom is 0.140 e. The van der Waals surface area contributed by atoms with Crippen LogP contribution in [0.15, 0.2) is 218 Å². The minimum absolute atomic E-state index is 0.620. The van der Waals surface area contributed by atoms with Gasteiger partial charge in [0.1, 0.15) is 11.5 Å². The first-order chi connectivity index (χ1) is 27.8. The monoisotopic (exact) mass is 716 g/mol. The van der Waals surface area contributed by atoms with Crippen LogP contribution in [0.2, 0.25) is 0 Å². The number of rotatable bonds is 6. The Bertz CT molecular complexity index is 2680. The van der Waals surface area contributed by atoms with E-state index in [1.807, 2.05) is 0 Å². The van der Waals surface area contributed by atoms with Crippen LogP contribution in [0.1, 0.15) is 22.3 Å². The Kier molecular flexibility index (Phi) is 7.39. The summed E-state index contributed by atoms with van der Waals surface area (Å²) in [7, 11) is 0. The average molecular weight is 717 g/mol. The van der Waals surface area contributed by atoms with E-state index in [0.717, 1.165) is 67.5 Å². The van der Waals surface area contributed by atoms with Crippen LogP contribution in [-0.4, -0.2) is 0 Å². The summed E-state index contributed by atoms with van der Waals surface area (Å²) in [6, 6.07) is 78.5. The van der Waals surface area contributed by atoms with Gasteiger partial charge in [-0.1, -0.05) is 140 Å². The highest BCUT2D eigenvalue weighted by Gasteiger charge is 2.51. The van der Waals surface area contributed by atoms with Crippen LogP contribution >= 0.6 is 0 Å². The first-order valence-corrected chi connectivity index (χ1v) is 19.2. The van der Waals surface area contributed by atoms with Gasteiger partial charge in [-0.3, -0.25) is 0 Å². The molecule has 2 aliphatic rings. The third kappa shape index (κ3) is 4.84. The predicted octanol–water partition coefficient (Wildman–Crippen LogP) is 14.2.